The number of carbonyl (C=O) groups is 2. The number of nitrogens with zero attached hydrogens (tertiary/aromatic N) is 2. The Bertz CT molecular complexity index is 536. The Morgan fingerprint density at radius 3 is 2.41 bits per heavy atom. The van der Waals surface area contributed by atoms with Crippen molar-refractivity contribution in [2.24, 2.45) is 0 Å². The second-order valence-corrected chi connectivity index (χ2v) is 6.69. The summed E-state index contributed by atoms with van der Waals surface area (Å²) in [6.07, 6.45) is 0. The van der Waals surface area contributed by atoms with E-state index < -0.39 is 0 Å². The molecule has 22 heavy (non-hydrogen) atoms. The van der Waals surface area contributed by atoms with Crippen LogP contribution in [0.4, 0.5) is 4.79 Å². The van der Waals surface area contributed by atoms with Crippen molar-refractivity contribution in [1.29, 1.82) is 0 Å². The molecule has 0 spiro atoms. The SMILES string of the molecule is Cc1ccc(C(C)(C)CN(C)CCN2C(=O)CNC2=O)cc1. The number of urea groups is 1. The van der Waals surface area contributed by atoms with Gasteiger partial charge in [-0.1, -0.05) is 43.7 Å². The van der Waals surface area contributed by atoms with Crippen molar-refractivity contribution < 1.29 is 9.59 Å². The number of hydrogen-bond donors (Lipinski definition) is 1. The fraction of sp³-hybridized carbons (Fsp3) is 0.529. The van der Waals surface area contributed by atoms with Crippen LogP contribution in [0.15, 0.2) is 24.3 Å². The zero-order chi connectivity index (χ0) is 16.3. The highest BCUT2D eigenvalue weighted by Gasteiger charge is 2.29. The summed E-state index contributed by atoms with van der Waals surface area (Å²) in [5.41, 5.74) is 2.56. The van der Waals surface area contributed by atoms with Crippen LogP contribution in [-0.2, 0) is 10.2 Å². The number of carbonyl (C=O) groups excluding carboxylic acids is 2. The molecule has 0 atom stereocenters. The molecule has 1 aromatic rings. The van der Waals surface area contributed by atoms with Crippen LogP contribution in [-0.4, -0.2) is 55.0 Å². The molecule has 5 nitrogen and oxygen atoms in total. The number of nitrogens with one attached hydrogen (secondary N) is 1. The molecule has 1 heterocycles. The van der Waals surface area contributed by atoms with Crippen molar-refractivity contribution in [3.8, 4) is 0 Å². The standard InChI is InChI=1S/C17H25N3O2/c1-13-5-7-14(8-6-13)17(2,3)12-19(4)9-10-20-15(21)11-18-16(20)22/h5-8H,9-12H2,1-4H3,(H,18,22). The third kappa shape index (κ3) is 3.85. The molecule has 1 aromatic carbocycles. The lowest BCUT2D eigenvalue weighted by molar-refractivity contribution is -0.125. The van der Waals surface area contributed by atoms with Crippen LogP contribution in [0, 0.1) is 6.92 Å². The number of likely N-dealkylation sites (N-methyl/N-ethyl adjacent to an activating group) is 1. The van der Waals surface area contributed by atoms with Crippen molar-refractivity contribution in [3.05, 3.63) is 35.4 Å². The van der Waals surface area contributed by atoms with Gasteiger partial charge in [-0.05, 0) is 19.5 Å². The van der Waals surface area contributed by atoms with Crippen LogP contribution < -0.4 is 5.32 Å². The van der Waals surface area contributed by atoms with Crippen LogP contribution in [0.3, 0.4) is 0 Å². The van der Waals surface area contributed by atoms with Gasteiger partial charge in [0.2, 0.25) is 5.91 Å². The Hall–Kier alpha value is -1.88. The normalized spacial score (nSPS) is 15.6. The van der Waals surface area contributed by atoms with Crippen molar-refractivity contribution in [3.63, 3.8) is 0 Å². The molecule has 120 valence electrons. The smallest absolute Gasteiger partial charge is 0.324 e. The van der Waals surface area contributed by atoms with E-state index >= 15 is 0 Å². The first-order valence-corrected chi connectivity index (χ1v) is 7.63. The number of amides is 3. The summed E-state index contributed by atoms with van der Waals surface area (Å²) < 4.78 is 0. The zero-order valence-corrected chi connectivity index (χ0v) is 13.8. The van der Waals surface area contributed by atoms with Crippen molar-refractivity contribution >= 4 is 11.9 Å². The molecule has 0 bridgehead atoms. The topological polar surface area (TPSA) is 52.6 Å². The number of hydrogen-bond acceptors (Lipinski definition) is 3. The Kier molecular flexibility index (Phi) is 4.86. The summed E-state index contributed by atoms with van der Waals surface area (Å²) in [6, 6.07) is 8.31. The molecule has 0 radical (unpaired) electrons. The first-order valence-electron chi connectivity index (χ1n) is 7.63. The fourth-order valence-electron chi connectivity index (χ4n) is 2.80. The molecule has 1 saturated heterocycles. The van der Waals surface area contributed by atoms with Gasteiger partial charge in [-0.2, -0.15) is 0 Å². The molecule has 0 aromatic heterocycles. The maximum atomic E-state index is 11.6. The van der Waals surface area contributed by atoms with E-state index in [2.05, 4.69) is 55.3 Å². The van der Waals surface area contributed by atoms with Gasteiger partial charge < -0.3 is 10.2 Å². The van der Waals surface area contributed by atoms with E-state index in [4.69, 9.17) is 0 Å². The van der Waals surface area contributed by atoms with E-state index in [1.807, 2.05) is 7.05 Å². The van der Waals surface area contributed by atoms with Gasteiger partial charge in [0, 0.05) is 25.0 Å². The number of benzene rings is 1. The highest BCUT2D eigenvalue weighted by Crippen LogP contribution is 2.24. The van der Waals surface area contributed by atoms with Crippen LogP contribution in [0.5, 0.6) is 0 Å². The van der Waals surface area contributed by atoms with Gasteiger partial charge in [-0.3, -0.25) is 9.69 Å². The largest absolute Gasteiger partial charge is 0.329 e. The molecular weight excluding hydrogens is 278 g/mol. The number of aryl methyl sites for hydroxylation is 1. The molecule has 3 amide bonds. The van der Waals surface area contributed by atoms with Gasteiger partial charge in [-0.25, -0.2) is 4.79 Å². The molecule has 5 heteroatoms. The first-order chi connectivity index (χ1) is 10.3. The third-order valence-corrected chi connectivity index (χ3v) is 4.14. The molecular formula is C17H25N3O2. The predicted molar refractivity (Wildman–Crippen MR) is 86.8 cm³/mol. The predicted octanol–water partition coefficient (Wildman–Crippen LogP) is 1.76. The number of imide groups is 1. The maximum absolute atomic E-state index is 11.6. The van der Waals surface area contributed by atoms with Crippen molar-refractivity contribution in [2.75, 3.05) is 33.2 Å². The van der Waals surface area contributed by atoms with Crippen LogP contribution in [0.2, 0.25) is 0 Å². The second-order valence-electron chi connectivity index (χ2n) is 6.69. The average molecular weight is 303 g/mol. The molecule has 1 fully saturated rings. The van der Waals surface area contributed by atoms with Gasteiger partial charge >= 0.3 is 6.03 Å². The van der Waals surface area contributed by atoms with E-state index in [0.29, 0.717) is 13.1 Å². The zero-order valence-electron chi connectivity index (χ0n) is 13.8. The third-order valence-electron chi connectivity index (χ3n) is 4.14. The summed E-state index contributed by atoms with van der Waals surface area (Å²) in [5, 5.41) is 2.54. The second kappa shape index (κ2) is 6.48. The van der Waals surface area contributed by atoms with Crippen molar-refractivity contribution in [2.45, 2.75) is 26.2 Å². The van der Waals surface area contributed by atoms with E-state index in [9.17, 15) is 9.59 Å². The van der Waals surface area contributed by atoms with Crippen LogP contribution in [0.25, 0.3) is 0 Å². The molecule has 0 saturated carbocycles. The molecule has 1 aliphatic rings. The van der Waals surface area contributed by atoms with Gasteiger partial charge in [-0.15, -0.1) is 0 Å². The van der Waals surface area contributed by atoms with Crippen LogP contribution >= 0.6 is 0 Å². The van der Waals surface area contributed by atoms with Crippen LogP contribution in [0.1, 0.15) is 25.0 Å². The fourth-order valence-corrected chi connectivity index (χ4v) is 2.80. The Morgan fingerprint density at radius 2 is 1.86 bits per heavy atom. The monoisotopic (exact) mass is 303 g/mol. The molecule has 1 N–H and O–H groups in total. The first kappa shape index (κ1) is 16.5. The van der Waals surface area contributed by atoms with E-state index in [0.717, 1.165) is 6.54 Å². The van der Waals surface area contributed by atoms with Gasteiger partial charge in [0.25, 0.3) is 0 Å². The van der Waals surface area contributed by atoms with E-state index in [-0.39, 0.29) is 23.9 Å². The lowest BCUT2D eigenvalue weighted by Crippen LogP contribution is -2.41. The van der Waals surface area contributed by atoms with Gasteiger partial charge in [0.15, 0.2) is 0 Å². The quantitative estimate of drug-likeness (QED) is 0.815. The highest BCUT2D eigenvalue weighted by molar-refractivity contribution is 6.01. The number of rotatable bonds is 6. The lowest BCUT2D eigenvalue weighted by Gasteiger charge is -2.31. The summed E-state index contributed by atoms with van der Waals surface area (Å²) in [4.78, 5) is 26.5. The molecule has 2 rings (SSSR count). The Morgan fingerprint density at radius 1 is 1.23 bits per heavy atom. The minimum Gasteiger partial charge on any atom is -0.329 e. The summed E-state index contributed by atoms with van der Waals surface area (Å²) in [6.45, 7) is 8.60. The minimum absolute atomic E-state index is 0.0136. The maximum Gasteiger partial charge on any atom is 0.324 e. The van der Waals surface area contributed by atoms with E-state index in [1.54, 1.807) is 0 Å². The summed E-state index contributed by atoms with van der Waals surface area (Å²) >= 11 is 0. The Balaban J connectivity index is 1.90. The van der Waals surface area contributed by atoms with E-state index in [1.165, 1.54) is 16.0 Å². The Labute approximate surface area is 132 Å². The summed E-state index contributed by atoms with van der Waals surface area (Å²) in [5.74, 6) is -0.142. The molecule has 0 unspecified atom stereocenters. The highest BCUT2D eigenvalue weighted by atomic mass is 16.2. The van der Waals surface area contributed by atoms with Gasteiger partial charge in [0.05, 0.1) is 6.54 Å². The van der Waals surface area contributed by atoms with Crippen molar-refractivity contribution in [1.82, 2.24) is 15.1 Å². The molecule has 1 aliphatic heterocycles. The summed E-state index contributed by atoms with van der Waals surface area (Å²) in [7, 11) is 2.02. The minimum atomic E-state index is -0.281. The molecule has 0 aliphatic carbocycles. The average Bonchev–Trinajstić information content (AvgIpc) is 2.76. The lowest BCUT2D eigenvalue weighted by atomic mass is 9.84. The van der Waals surface area contributed by atoms with Gasteiger partial charge in [0.1, 0.15) is 0 Å².